The molecule has 3 saturated heterocycles. The van der Waals surface area contributed by atoms with E-state index in [0.717, 1.165) is 31.8 Å². The summed E-state index contributed by atoms with van der Waals surface area (Å²) in [6.45, 7) is 2.78. The number of rotatable bonds is 5. The molecule has 2 bridgehead atoms. The van der Waals surface area contributed by atoms with E-state index in [2.05, 4.69) is 23.1 Å². The van der Waals surface area contributed by atoms with Crippen molar-refractivity contribution in [2.75, 3.05) is 40.3 Å². The molecule has 2 N–H and O–H groups in total. The molecule has 3 amide bonds. The Balaban J connectivity index is 1.54. The molecule has 0 aromatic heterocycles. The van der Waals surface area contributed by atoms with E-state index in [1.54, 1.807) is 14.2 Å². The number of piperidine rings is 3. The molecule has 3 aliphatic rings. The highest BCUT2D eigenvalue weighted by Gasteiger charge is 2.47. The Hall–Kier alpha value is -2.28. The molecule has 0 saturated carbocycles. The molecule has 3 heterocycles. The summed E-state index contributed by atoms with van der Waals surface area (Å²) >= 11 is 0. The van der Waals surface area contributed by atoms with E-state index in [-0.39, 0.29) is 12.5 Å². The van der Waals surface area contributed by atoms with E-state index in [1.807, 2.05) is 11.0 Å². The Labute approximate surface area is 179 Å². The number of carbonyl (C=O) groups is 2. The van der Waals surface area contributed by atoms with Gasteiger partial charge in [0.2, 0.25) is 5.91 Å². The Bertz CT molecular complexity index is 785. The highest BCUT2D eigenvalue weighted by atomic mass is 16.5. The Morgan fingerprint density at radius 1 is 1.23 bits per heavy atom. The van der Waals surface area contributed by atoms with Crippen LogP contribution in [0.5, 0.6) is 5.75 Å². The van der Waals surface area contributed by atoms with Gasteiger partial charge in [0.15, 0.2) is 0 Å². The molecule has 1 aromatic carbocycles. The number of primary amides is 1. The molecule has 4 rings (SSSR count). The van der Waals surface area contributed by atoms with Crippen LogP contribution in [0.2, 0.25) is 0 Å². The molecular weight excluding hydrogens is 380 g/mol. The maximum atomic E-state index is 12.9. The third-order valence-corrected chi connectivity index (χ3v) is 7.30. The smallest absolute Gasteiger partial charge is 0.314 e. The number of nitrogens with zero attached hydrogens (tertiary/aromatic N) is 3. The fourth-order valence-corrected chi connectivity index (χ4v) is 5.81. The van der Waals surface area contributed by atoms with Gasteiger partial charge in [-0.3, -0.25) is 9.69 Å². The lowest BCUT2D eigenvalue weighted by Gasteiger charge is -2.57. The van der Waals surface area contributed by atoms with E-state index in [4.69, 9.17) is 10.5 Å². The third kappa shape index (κ3) is 4.26. The van der Waals surface area contributed by atoms with E-state index in [9.17, 15) is 9.59 Å². The summed E-state index contributed by atoms with van der Waals surface area (Å²) in [4.78, 5) is 30.3. The van der Waals surface area contributed by atoms with Crippen LogP contribution < -0.4 is 10.5 Å². The van der Waals surface area contributed by atoms with E-state index in [1.165, 1.54) is 36.1 Å². The molecule has 0 aliphatic carbocycles. The summed E-state index contributed by atoms with van der Waals surface area (Å²) in [6, 6.07) is 8.79. The van der Waals surface area contributed by atoms with Crippen LogP contribution in [0.3, 0.4) is 0 Å². The molecule has 7 nitrogen and oxygen atoms in total. The molecule has 7 heteroatoms. The summed E-state index contributed by atoms with van der Waals surface area (Å²) in [6.07, 6.45) is 5.91. The number of likely N-dealkylation sites (tertiary alicyclic amines) is 1. The van der Waals surface area contributed by atoms with Gasteiger partial charge < -0.3 is 20.3 Å². The van der Waals surface area contributed by atoms with Crippen LogP contribution in [0.15, 0.2) is 24.3 Å². The monoisotopic (exact) mass is 414 g/mol. The van der Waals surface area contributed by atoms with Gasteiger partial charge in [0.1, 0.15) is 12.3 Å². The number of amides is 3. The molecule has 164 valence electrons. The molecule has 0 radical (unpaired) electrons. The topological polar surface area (TPSA) is 79.1 Å². The lowest BCUT2D eigenvalue weighted by atomic mass is 9.71. The number of ether oxygens (including phenoxy) is 1. The molecular formula is C23H34N4O3. The first-order chi connectivity index (χ1) is 14.5. The first kappa shape index (κ1) is 21.0. The minimum absolute atomic E-state index is 0.00962. The lowest BCUT2D eigenvalue weighted by molar-refractivity contribution is -0.141. The maximum absolute atomic E-state index is 12.9. The largest absolute Gasteiger partial charge is 0.497 e. The van der Waals surface area contributed by atoms with Gasteiger partial charge in [-0.2, -0.15) is 0 Å². The summed E-state index contributed by atoms with van der Waals surface area (Å²) in [5, 5.41) is 0. The van der Waals surface area contributed by atoms with Crippen LogP contribution in [-0.2, 0) is 11.2 Å². The lowest BCUT2D eigenvalue weighted by Crippen LogP contribution is -2.65. The second kappa shape index (κ2) is 8.84. The van der Waals surface area contributed by atoms with Crippen molar-refractivity contribution in [2.24, 2.45) is 17.6 Å². The van der Waals surface area contributed by atoms with Gasteiger partial charge in [-0.05, 0) is 61.8 Å². The summed E-state index contributed by atoms with van der Waals surface area (Å²) in [5.74, 6) is 1.88. The average Bonchev–Trinajstić information content (AvgIpc) is 2.76. The molecule has 3 fully saturated rings. The van der Waals surface area contributed by atoms with Crippen LogP contribution in [0.25, 0.3) is 0 Å². The zero-order valence-electron chi connectivity index (χ0n) is 18.1. The Kier molecular flexibility index (Phi) is 6.18. The second-order valence-electron chi connectivity index (χ2n) is 9.17. The van der Waals surface area contributed by atoms with Crippen molar-refractivity contribution >= 4 is 11.9 Å². The van der Waals surface area contributed by atoms with Crippen LogP contribution in [0, 0.1) is 11.8 Å². The number of hydrogen-bond donors (Lipinski definition) is 1. The first-order valence-electron chi connectivity index (χ1n) is 11.1. The fourth-order valence-electron chi connectivity index (χ4n) is 5.81. The van der Waals surface area contributed by atoms with E-state index < -0.39 is 6.03 Å². The van der Waals surface area contributed by atoms with Crippen molar-refractivity contribution in [1.29, 1.82) is 0 Å². The number of carbonyl (C=O) groups excluding carboxylic acids is 2. The minimum atomic E-state index is -0.560. The number of nitrogens with two attached hydrogens (primary N) is 1. The quantitative estimate of drug-likeness (QED) is 0.799. The van der Waals surface area contributed by atoms with Crippen LogP contribution in [0.4, 0.5) is 4.79 Å². The van der Waals surface area contributed by atoms with Crippen LogP contribution in [0.1, 0.15) is 31.2 Å². The van der Waals surface area contributed by atoms with Crippen LogP contribution >= 0.6 is 0 Å². The average molecular weight is 415 g/mol. The molecule has 30 heavy (non-hydrogen) atoms. The number of urea groups is 1. The predicted molar refractivity (Wildman–Crippen MR) is 115 cm³/mol. The standard InChI is InChI=1S/C23H34N4O3/c1-25(23(24)29)15-22(28)26-13-17-12-18(14-26)21(27-9-4-3-8-20(17)27)11-16-6-5-7-19(10-16)30-2/h5-7,10,17-18,20-21H,3-4,8-9,11-15H2,1-2H3,(H2,24,29)/t17-,18+,20+,21+/m1/s1. The van der Waals surface area contributed by atoms with Crippen molar-refractivity contribution < 1.29 is 14.3 Å². The maximum Gasteiger partial charge on any atom is 0.314 e. The minimum Gasteiger partial charge on any atom is -0.497 e. The summed E-state index contributed by atoms with van der Waals surface area (Å²) in [5.41, 5.74) is 6.61. The zero-order valence-corrected chi connectivity index (χ0v) is 18.1. The van der Waals surface area contributed by atoms with E-state index >= 15 is 0 Å². The molecule has 0 spiro atoms. The molecule has 3 aliphatic heterocycles. The predicted octanol–water partition coefficient (Wildman–Crippen LogP) is 1.95. The van der Waals surface area contributed by atoms with Crippen molar-refractivity contribution in [2.45, 2.75) is 44.2 Å². The number of methoxy groups -OCH3 is 1. The number of fused-ring (bicyclic) bond motifs is 4. The van der Waals surface area contributed by atoms with Crippen molar-refractivity contribution in [3.8, 4) is 5.75 Å². The van der Waals surface area contributed by atoms with Gasteiger partial charge in [-0.1, -0.05) is 18.6 Å². The Morgan fingerprint density at radius 2 is 2.03 bits per heavy atom. The highest BCUT2D eigenvalue weighted by molar-refractivity contribution is 5.83. The van der Waals surface area contributed by atoms with Gasteiger partial charge in [-0.15, -0.1) is 0 Å². The fraction of sp³-hybridized carbons (Fsp3) is 0.652. The SMILES string of the molecule is COc1cccc(C[C@H]2[C@H]3C[C@H](CN(C(=O)CN(C)C(N)=O)C3)[C@@H]3CCCCN32)c1. The van der Waals surface area contributed by atoms with Crippen molar-refractivity contribution in [1.82, 2.24) is 14.7 Å². The molecule has 1 aromatic rings. The third-order valence-electron chi connectivity index (χ3n) is 7.30. The van der Waals surface area contributed by atoms with Crippen LogP contribution in [-0.4, -0.2) is 79.1 Å². The zero-order chi connectivity index (χ0) is 21.3. The van der Waals surface area contributed by atoms with E-state index in [0.29, 0.717) is 23.9 Å². The molecule has 0 unspecified atom stereocenters. The van der Waals surface area contributed by atoms with Crippen molar-refractivity contribution in [3.05, 3.63) is 29.8 Å². The van der Waals surface area contributed by atoms with Gasteiger partial charge in [0, 0.05) is 32.2 Å². The normalized spacial score (nSPS) is 28.5. The summed E-state index contributed by atoms with van der Waals surface area (Å²) < 4.78 is 5.43. The number of benzene rings is 1. The van der Waals surface area contributed by atoms with Gasteiger partial charge in [0.25, 0.3) is 0 Å². The molecule has 4 atom stereocenters. The Morgan fingerprint density at radius 3 is 2.80 bits per heavy atom. The van der Waals surface area contributed by atoms with Gasteiger partial charge in [-0.25, -0.2) is 4.79 Å². The van der Waals surface area contributed by atoms with Crippen molar-refractivity contribution in [3.63, 3.8) is 0 Å². The summed E-state index contributed by atoms with van der Waals surface area (Å²) in [7, 11) is 3.29. The van der Waals surface area contributed by atoms with Gasteiger partial charge >= 0.3 is 6.03 Å². The first-order valence-corrected chi connectivity index (χ1v) is 11.1. The number of likely N-dealkylation sites (N-methyl/N-ethyl adjacent to an activating group) is 1. The van der Waals surface area contributed by atoms with Gasteiger partial charge in [0.05, 0.1) is 7.11 Å². The second-order valence-corrected chi connectivity index (χ2v) is 9.17. The highest BCUT2D eigenvalue weighted by Crippen LogP contribution is 2.42. The number of hydrogen-bond acceptors (Lipinski definition) is 4.